The van der Waals surface area contributed by atoms with Crippen molar-refractivity contribution < 1.29 is 38.2 Å². The molecule has 0 aromatic carbocycles. The molecule has 2 atom stereocenters. The molecule has 0 saturated heterocycles. The van der Waals surface area contributed by atoms with Crippen molar-refractivity contribution in [2.24, 2.45) is 0 Å². The number of Topliss-reactive ketones (excluding diaryl/α,β-unsaturated/α-hetero) is 2. The van der Waals surface area contributed by atoms with E-state index in [1.54, 1.807) is 41.5 Å². The van der Waals surface area contributed by atoms with Crippen LogP contribution in [-0.4, -0.2) is 58.6 Å². The molecule has 0 aliphatic heterocycles. The maximum atomic E-state index is 12.5. The van der Waals surface area contributed by atoms with Crippen LogP contribution in [0.15, 0.2) is 0 Å². The Morgan fingerprint density at radius 2 is 1.15 bits per heavy atom. The minimum atomic E-state index is -1.17. The molecule has 10 nitrogen and oxygen atoms in total. The highest BCUT2D eigenvalue weighted by atomic mass is 16.6. The van der Waals surface area contributed by atoms with Crippen LogP contribution in [0.1, 0.15) is 87.5 Å². The van der Waals surface area contributed by atoms with E-state index in [0.29, 0.717) is 0 Å². The zero-order valence-electron chi connectivity index (χ0n) is 21.0. The number of carbonyl (C=O) groups excluding carboxylic acids is 6. The summed E-state index contributed by atoms with van der Waals surface area (Å²) in [5.41, 5.74) is -1.52. The standard InChI is InChI=1S/C23H38N2O8/c1-14(26)9-10-16(15(2)27)24-18(28)13-19(29)25-17(21(31)33-23(6,7)8)11-12-20(30)32-22(3,4)5/h16-17H,9-13H2,1-8H3,(H,24,28)(H,25,29)/t16-,17-/m0/s1. The molecule has 0 bridgehead atoms. The predicted octanol–water partition coefficient (Wildman–Crippen LogP) is 1.77. The Balaban J connectivity index is 5.10. The molecule has 10 heteroatoms. The van der Waals surface area contributed by atoms with Crippen LogP contribution in [0, 0.1) is 0 Å². The number of hydrogen-bond acceptors (Lipinski definition) is 8. The number of carbonyl (C=O) groups is 6. The highest BCUT2D eigenvalue weighted by molar-refractivity contribution is 6.00. The van der Waals surface area contributed by atoms with E-state index >= 15 is 0 Å². The van der Waals surface area contributed by atoms with Crippen LogP contribution in [0.4, 0.5) is 0 Å². The van der Waals surface area contributed by atoms with Gasteiger partial charge in [0.2, 0.25) is 11.8 Å². The Labute approximate surface area is 195 Å². The van der Waals surface area contributed by atoms with Gasteiger partial charge in [-0.1, -0.05) is 0 Å². The van der Waals surface area contributed by atoms with Gasteiger partial charge < -0.3 is 24.9 Å². The molecule has 0 aromatic rings. The van der Waals surface area contributed by atoms with E-state index in [2.05, 4.69) is 10.6 Å². The lowest BCUT2D eigenvalue weighted by molar-refractivity contribution is -0.160. The molecule has 0 fully saturated rings. The van der Waals surface area contributed by atoms with Gasteiger partial charge in [-0.25, -0.2) is 4.79 Å². The summed E-state index contributed by atoms with van der Waals surface area (Å²) in [6.07, 6.45) is -0.622. The zero-order chi connectivity index (χ0) is 26.0. The topological polar surface area (TPSA) is 145 Å². The van der Waals surface area contributed by atoms with Gasteiger partial charge in [0.25, 0.3) is 0 Å². The van der Waals surface area contributed by atoms with E-state index in [-0.39, 0.29) is 37.2 Å². The van der Waals surface area contributed by atoms with Gasteiger partial charge in [0.1, 0.15) is 29.4 Å². The molecule has 0 aliphatic rings. The van der Waals surface area contributed by atoms with Crippen LogP contribution in [0.25, 0.3) is 0 Å². The second-order valence-electron chi connectivity index (χ2n) is 9.93. The third-order valence-corrected chi connectivity index (χ3v) is 4.02. The van der Waals surface area contributed by atoms with Gasteiger partial charge in [0, 0.05) is 12.8 Å². The third-order valence-electron chi connectivity index (χ3n) is 4.02. The summed E-state index contributed by atoms with van der Waals surface area (Å²) in [4.78, 5) is 72.0. The second-order valence-corrected chi connectivity index (χ2v) is 9.93. The van der Waals surface area contributed by atoms with Crippen molar-refractivity contribution in [1.82, 2.24) is 10.6 Å². The van der Waals surface area contributed by atoms with Gasteiger partial charge >= 0.3 is 11.9 Å². The first-order valence-electron chi connectivity index (χ1n) is 10.9. The molecule has 0 unspecified atom stereocenters. The maximum Gasteiger partial charge on any atom is 0.329 e. The van der Waals surface area contributed by atoms with Gasteiger partial charge in [0.05, 0.1) is 6.04 Å². The lowest BCUT2D eigenvalue weighted by atomic mass is 10.1. The molecule has 0 radical (unpaired) electrons. The first kappa shape index (κ1) is 30.2. The Morgan fingerprint density at radius 1 is 0.697 bits per heavy atom. The molecule has 33 heavy (non-hydrogen) atoms. The number of esters is 2. The van der Waals surface area contributed by atoms with Crippen LogP contribution in [0.5, 0.6) is 0 Å². The quantitative estimate of drug-likeness (QED) is 0.324. The molecule has 0 spiro atoms. The molecule has 0 heterocycles. The van der Waals surface area contributed by atoms with Crippen molar-refractivity contribution in [1.29, 1.82) is 0 Å². The van der Waals surface area contributed by atoms with Crippen LogP contribution in [0.3, 0.4) is 0 Å². The molecule has 0 rings (SSSR count). The number of ketones is 2. The normalized spacial score (nSPS) is 13.3. The summed E-state index contributed by atoms with van der Waals surface area (Å²) in [6, 6.07) is -2.05. The van der Waals surface area contributed by atoms with E-state index in [9.17, 15) is 28.8 Å². The van der Waals surface area contributed by atoms with E-state index in [4.69, 9.17) is 9.47 Å². The van der Waals surface area contributed by atoms with Crippen molar-refractivity contribution in [3.05, 3.63) is 0 Å². The van der Waals surface area contributed by atoms with E-state index in [0.717, 1.165) is 0 Å². The van der Waals surface area contributed by atoms with Crippen molar-refractivity contribution in [3.63, 3.8) is 0 Å². The lowest BCUT2D eigenvalue weighted by Crippen LogP contribution is -2.47. The van der Waals surface area contributed by atoms with Gasteiger partial charge in [0.15, 0.2) is 5.78 Å². The van der Waals surface area contributed by atoms with Crippen LogP contribution < -0.4 is 10.6 Å². The van der Waals surface area contributed by atoms with Crippen LogP contribution in [-0.2, 0) is 38.2 Å². The van der Waals surface area contributed by atoms with Crippen molar-refractivity contribution in [2.75, 3.05) is 0 Å². The van der Waals surface area contributed by atoms with Gasteiger partial charge in [-0.15, -0.1) is 0 Å². The number of ether oxygens (including phenoxy) is 2. The Bertz CT molecular complexity index is 747. The maximum absolute atomic E-state index is 12.5. The smallest absolute Gasteiger partial charge is 0.329 e. The van der Waals surface area contributed by atoms with E-state index < -0.39 is 53.5 Å². The van der Waals surface area contributed by atoms with Gasteiger partial charge in [-0.3, -0.25) is 19.2 Å². The fourth-order valence-electron chi connectivity index (χ4n) is 2.64. The van der Waals surface area contributed by atoms with Crippen LogP contribution >= 0.6 is 0 Å². The minimum Gasteiger partial charge on any atom is -0.460 e. The summed E-state index contributed by atoms with van der Waals surface area (Å²) in [6.45, 7) is 12.8. The number of hydrogen-bond donors (Lipinski definition) is 2. The molecular formula is C23H38N2O8. The number of amides is 2. The fraction of sp³-hybridized carbons (Fsp3) is 0.739. The molecule has 0 aromatic heterocycles. The summed E-state index contributed by atoms with van der Waals surface area (Å²) in [5, 5.41) is 4.85. The first-order chi connectivity index (χ1) is 14.9. The summed E-state index contributed by atoms with van der Waals surface area (Å²) in [5.74, 6) is -3.26. The first-order valence-corrected chi connectivity index (χ1v) is 10.9. The minimum absolute atomic E-state index is 0.0775. The fourth-order valence-corrected chi connectivity index (χ4v) is 2.64. The SMILES string of the molecule is CC(=O)CC[C@H](NC(=O)CC(=O)N[C@@H](CCC(=O)OC(C)(C)C)C(=O)OC(C)(C)C)C(C)=O. The average Bonchev–Trinajstić information content (AvgIpc) is 2.58. The highest BCUT2D eigenvalue weighted by Gasteiger charge is 2.29. The van der Waals surface area contributed by atoms with Gasteiger partial charge in [-0.2, -0.15) is 0 Å². The molecule has 0 saturated carbocycles. The van der Waals surface area contributed by atoms with Gasteiger partial charge in [-0.05, 0) is 68.2 Å². The number of nitrogens with one attached hydrogen (secondary N) is 2. The van der Waals surface area contributed by atoms with Crippen LogP contribution in [0.2, 0.25) is 0 Å². The third kappa shape index (κ3) is 15.6. The second kappa shape index (κ2) is 13.1. The van der Waals surface area contributed by atoms with Crippen molar-refractivity contribution in [3.8, 4) is 0 Å². The zero-order valence-corrected chi connectivity index (χ0v) is 21.0. The lowest BCUT2D eigenvalue weighted by Gasteiger charge is -2.25. The number of rotatable bonds is 12. The predicted molar refractivity (Wildman–Crippen MR) is 120 cm³/mol. The average molecular weight is 471 g/mol. The molecular weight excluding hydrogens is 432 g/mol. The summed E-state index contributed by atoms with van der Waals surface area (Å²) < 4.78 is 10.5. The molecule has 2 N–H and O–H groups in total. The van der Waals surface area contributed by atoms with Crippen molar-refractivity contribution in [2.45, 2.75) is 111 Å². The summed E-state index contributed by atoms with van der Waals surface area (Å²) >= 11 is 0. The summed E-state index contributed by atoms with van der Waals surface area (Å²) in [7, 11) is 0. The Kier molecular flexibility index (Phi) is 12.0. The van der Waals surface area contributed by atoms with E-state index in [1.807, 2.05) is 0 Å². The van der Waals surface area contributed by atoms with E-state index in [1.165, 1.54) is 13.8 Å². The molecule has 188 valence electrons. The highest BCUT2D eigenvalue weighted by Crippen LogP contribution is 2.14. The Morgan fingerprint density at radius 3 is 1.58 bits per heavy atom. The molecule has 0 aliphatic carbocycles. The Hall–Kier alpha value is -2.78. The molecule has 2 amide bonds. The monoisotopic (exact) mass is 470 g/mol. The largest absolute Gasteiger partial charge is 0.460 e. The van der Waals surface area contributed by atoms with Crippen molar-refractivity contribution >= 4 is 35.3 Å².